The first-order chi connectivity index (χ1) is 10.9. The number of ether oxygens (including phenoxy) is 1. The molecule has 23 heavy (non-hydrogen) atoms. The summed E-state index contributed by atoms with van der Waals surface area (Å²) in [4.78, 5) is 14.0. The number of rotatable bonds is 4. The Bertz CT molecular complexity index is 641. The van der Waals surface area contributed by atoms with Gasteiger partial charge in [0.1, 0.15) is 5.60 Å². The Morgan fingerprint density at radius 2 is 2.22 bits per heavy atom. The highest BCUT2D eigenvalue weighted by Crippen LogP contribution is 2.25. The van der Waals surface area contributed by atoms with Gasteiger partial charge in [0, 0.05) is 13.1 Å². The van der Waals surface area contributed by atoms with Gasteiger partial charge in [-0.1, -0.05) is 31.6 Å². The van der Waals surface area contributed by atoms with E-state index in [0.717, 1.165) is 24.8 Å². The first-order valence-corrected chi connectivity index (χ1v) is 8.12. The molecule has 1 heterocycles. The third kappa shape index (κ3) is 4.59. The molecule has 0 unspecified atom stereocenters. The number of benzene rings is 1. The number of nitrogens with zero attached hydrogens (tertiary/aromatic N) is 2. The van der Waals surface area contributed by atoms with Crippen molar-refractivity contribution in [1.29, 1.82) is 5.26 Å². The van der Waals surface area contributed by atoms with E-state index in [1.807, 2.05) is 38.1 Å². The molecule has 0 fully saturated rings. The summed E-state index contributed by atoms with van der Waals surface area (Å²) in [5, 5.41) is 8.99. The van der Waals surface area contributed by atoms with Gasteiger partial charge < -0.3 is 9.64 Å². The minimum Gasteiger partial charge on any atom is -0.443 e. The second kappa shape index (κ2) is 7.32. The molecule has 0 saturated carbocycles. The highest BCUT2D eigenvalue weighted by atomic mass is 16.6. The SMILES string of the molecule is CCCC(C)(C)OC(=O)N1CC=C(c2cccc(C#N)c2)CC1. The van der Waals surface area contributed by atoms with E-state index in [1.165, 1.54) is 5.57 Å². The Morgan fingerprint density at radius 1 is 1.43 bits per heavy atom. The molecule has 0 aromatic heterocycles. The molecule has 0 N–H and O–H groups in total. The third-order valence-corrected chi connectivity index (χ3v) is 4.05. The van der Waals surface area contributed by atoms with Gasteiger partial charge in [0.25, 0.3) is 0 Å². The van der Waals surface area contributed by atoms with E-state index in [2.05, 4.69) is 13.0 Å². The molecular formula is C19H24N2O2. The fraction of sp³-hybridized carbons (Fsp3) is 0.474. The number of nitriles is 1. The zero-order valence-electron chi connectivity index (χ0n) is 14.1. The van der Waals surface area contributed by atoms with E-state index in [4.69, 9.17) is 10.00 Å². The monoisotopic (exact) mass is 312 g/mol. The second-order valence-corrected chi connectivity index (χ2v) is 6.50. The number of carbonyl (C=O) groups is 1. The van der Waals surface area contributed by atoms with Crippen LogP contribution in [0.4, 0.5) is 4.79 Å². The topological polar surface area (TPSA) is 53.3 Å². The van der Waals surface area contributed by atoms with Crippen LogP contribution in [0.1, 0.15) is 51.2 Å². The summed E-state index contributed by atoms with van der Waals surface area (Å²) in [6.07, 6.45) is 4.42. The molecule has 4 heteroatoms. The second-order valence-electron chi connectivity index (χ2n) is 6.50. The van der Waals surface area contributed by atoms with E-state index in [0.29, 0.717) is 18.7 Å². The van der Waals surface area contributed by atoms with Crippen LogP contribution in [0.2, 0.25) is 0 Å². The lowest BCUT2D eigenvalue weighted by Gasteiger charge is -2.31. The molecule has 0 atom stereocenters. The van der Waals surface area contributed by atoms with Gasteiger partial charge in [-0.2, -0.15) is 5.26 Å². The van der Waals surface area contributed by atoms with Gasteiger partial charge in [-0.15, -0.1) is 0 Å². The third-order valence-electron chi connectivity index (χ3n) is 4.05. The van der Waals surface area contributed by atoms with E-state index >= 15 is 0 Å². The van der Waals surface area contributed by atoms with Crippen LogP contribution in [-0.2, 0) is 4.74 Å². The standard InChI is InChI=1S/C19H24N2O2/c1-4-10-19(2,3)23-18(22)21-11-8-16(9-12-21)17-7-5-6-15(13-17)14-20/h5-8,13H,4,9-12H2,1-3H3. The summed E-state index contributed by atoms with van der Waals surface area (Å²) in [5.74, 6) is 0. The van der Waals surface area contributed by atoms with Gasteiger partial charge in [-0.05, 0) is 50.0 Å². The van der Waals surface area contributed by atoms with E-state index < -0.39 is 5.60 Å². The molecule has 4 nitrogen and oxygen atoms in total. The van der Waals surface area contributed by atoms with Crippen LogP contribution in [0.3, 0.4) is 0 Å². The van der Waals surface area contributed by atoms with Crippen molar-refractivity contribution in [3.8, 4) is 6.07 Å². The van der Waals surface area contributed by atoms with Gasteiger partial charge in [0.15, 0.2) is 0 Å². The lowest BCUT2D eigenvalue weighted by molar-refractivity contribution is 0.00987. The number of hydrogen-bond acceptors (Lipinski definition) is 3. The van der Waals surface area contributed by atoms with Crippen LogP contribution >= 0.6 is 0 Å². The van der Waals surface area contributed by atoms with E-state index in [9.17, 15) is 4.79 Å². The maximum atomic E-state index is 12.3. The van der Waals surface area contributed by atoms with E-state index in [1.54, 1.807) is 11.0 Å². The van der Waals surface area contributed by atoms with Crippen molar-refractivity contribution >= 4 is 11.7 Å². The van der Waals surface area contributed by atoms with Gasteiger partial charge in [0.05, 0.1) is 11.6 Å². The maximum Gasteiger partial charge on any atom is 0.410 e. The number of amides is 1. The number of carbonyl (C=O) groups excluding carboxylic acids is 1. The zero-order valence-corrected chi connectivity index (χ0v) is 14.1. The summed E-state index contributed by atoms with van der Waals surface area (Å²) in [6.45, 7) is 7.18. The molecule has 0 bridgehead atoms. The lowest BCUT2D eigenvalue weighted by Crippen LogP contribution is -2.40. The van der Waals surface area contributed by atoms with Crippen LogP contribution < -0.4 is 0 Å². The maximum absolute atomic E-state index is 12.3. The molecular weight excluding hydrogens is 288 g/mol. The first-order valence-electron chi connectivity index (χ1n) is 8.12. The van der Waals surface area contributed by atoms with Gasteiger partial charge in [-0.25, -0.2) is 4.79 Å². The Balaban J connectivity index is 2.00. The summed E-state index contributed by atoms with van der Waals surface area (Å²) in [6, 6.07) is 9.75. The normalized spacial score (nSPS) is 14.9. The summed E-state index contributed by atoms with van der Waals surface area (Å²) >= 11 is 0. The molecule has 0 saturated heterocycles. The lowest BCUT2D eigenvalue weighted by atomic mass is 9.98. The highest BCUT2D eigenvalue weighted by Gasteiger charge is 2.26. The minimum absolute atomic E-state index is 0.246. The van der Waals surface area contributed by atoms with Crippen molar-refractivity contribution in [2.75, 3.05) is 13.1 Å². The Hall–Kier alpha value is -2.28. The van der Waals surface area contributed by atoms with Gasteiger partial charge >= 0.3 is 6.09 Å². The highest BCUT2D eigenvalue weighted by molar-refractivity contribution is 5.73. The molecule has 122 valence electrons. The molecule has 0 radical (unpaired) electrons. The Labute approximate surface area is 138 Å². The van der Waals surface area contributed by atoms with Crippen LogP contribution in [0.25, 0.3) is 5.57 Å². The van der Waals surface area contributed by atoms with Gasteiger partial charge in [0.2, 0.25) is 0 Å². The molecule has 1 aromatic carbocycles. The van der Waals surface area contributed by atoms with E-state index in [-0.39, 0.29) is 6.09 Å². The average Bonchev–Trinajstić information content (AvgIpc) is 2.54. The Kier molecular flexibility index (Phi) is 5.44. The van der Waals surface area contributed by atoms with Crippen molar-refractivity contribution in [2.45, 2.75) is 45.6 Å². The Morgan fingerprint density at radius 3 is 2.83 bits per heavy atom. The van der Waals surface area contributed by atoms with Crippen LogP contribution in [-0.4, -0.2) is 29.7 Å². The van der Waals surface area contributed by atoms with Crippen LogP contribution in [0.5, 0.6) is 0 Å². The van der Waals surface area contributed by atoms with Crippen molar-refractivity contribution in [3.63, 3.8) is 0 Å². The number of hydrogen-bond donors (Lipinski definition) is 0. The summed E-state index contributed by atoms with van der Waals surface area (Å²) < 4.78 is 5.61. The van der Waals surface area contributed by atoms with Gasteiger partial charge in [-0.3, -0.25) is 0 Å². The molecule has 1 aromatic rings. The predicted octanol–water partition coefficient (Wildman–Crippen LogP) is 4.36. The largest absolute Gasteiger partial charge is 0.443 e. The molecule has 1 aliphatic rings. The molecule has 2 rings (SSSR count). The minimum atomic E-state index is -0.420. The van der Waals surface area contributed by atoms with Crippen molar-refractivity contribution < 1.29 is 9.53 Å². The smallest absolute Gasteiger partial charge is 0.410 e. The average molecular weight is 312 g/mol. The summed E-state index contributed by atoms with van der Waals surface area (Å²) in [5.41, 5.74) is 2.48. The summed E-state index contributed by atoms with van der Waals surface area (Å²) in [7, 11) is 0. The van der Waals surface area contributed by atoms with Crippen molar-refractivity contribution in [1.82, 2.24) is 4.90 Å². The molecule has 1 amide bonds. The zero-order chi connectivity index (χ0) is 16.9. The quantitative estimate of drug-likeness (QED) is 0.830. The van der Waals surface area contributed by atoms with Crippen molar-refractivity contribution in [2.24, 2.45) is 0 Å². The molecule has 0 aliphatic carbocycles. The van der Waals surface area contributed by atoms with Crippen LogP contribution in [0.15, 0.2) is 30.3 Å². The van der Waals surface area contributed by atoms with Crippen molar-refractivity contribution in [3.05, 3.63) is 41.5 Å². The predicted molar refractivity (Wildman–Crippen MR) is 90.8 cm³/mol. The van der Waals surface area contributed by atoms with Crippen LogP contribution in [0, 0.1) is 11.3 Å². The fourth-order valence-electron chi connectivity index (χ4n) is 2.84. The first kappa shape index (κ1) is 17.1. The fourth-order valence-corrected chi connectivity index (χ4v) is 2.84. The molecule has 1 aliphatic heterocycles. The molecule has 0 spiro atoms.